The number of hydrogen-bond donors (Lipinski definition) is 1. The summed E-state index contributed by atoms with van der Waals surface area (Å²) in [5.41, 5.74) is 1.25. The molecule has 7 nitrogen and oxygen atoms in total. The fourth-order valence-corrected chi connectivity index (χ4v) is 2.73. The highest BCUT2D eigenvalue weighted by Crippen LogP contribution is 2.13. The van der Waals surface area contributed by atoms with Crippen molar-refractivity contribution < 1.29 is 9.53 Å². The maximum atomic E-state index is 12.2. The average molecular weight is 342 g/mol. The number of hydrogen-bond acceptors (Lipinski definition) is 5. The van der Waals surface area contributed by atoms with Gasteiger partial charge in [-0.05, 0) is 13.1 Å². The van der Waals surface area contributed by atoms with E-state index in [1.807, 2.05) is 37.4 Å². The molecule has 2 aromatic rings. The van der Waals surface area contributed by atoms with Crippen LogP contribution in [0.2, 0.25) is 0 Å². The van der Waals surface area contributed by atoms with E-state index in [4.69, 9.17) is 4.74 Å². The van der Waals surface area contributed by atoms with Crippen molar-refractivity contribution in [3.8, 4) is 11.3 Å². The van der Waals surface area contributed by atoms with E-state index in [1.54, 1.807) is 6.07 Å². The number of carbonyl (C=O) groups excluding carboxylic acids is 1. The van der Waals surface area contributed by atoms with Crippen molar-refractivity contribution in [2.24, 2.45) is 0 Å². The summed E-state index contributed by atoms with van der Waals surface area (Å²) in [6, 6.07) is 12.6. The standard InChI is InChI=1S/C18H22N4O3/c1-21-9-10-25-15(12-21)11-19-17(23)13-22-18(24)8-7-16(20-22)14-5-3-2-4-6-14/h2-8,15H,9-13H2,1H3,(H,19,23). The highest BCUT2D eigenvalue weighted by atomic mass is 16.5. The third-order valence-electron chi connectivity index (χ3n) is 4.10. The number of nitrogens with one attached hydrogen (secondary N) is 1. The molecular weight excluding hydrogens is 320 g/mol. The molecule has 1 aliphatic rings. The molecule has 1 aromatic heterocycles. The van der Waals surface area contributed by atoms with Gasteiger partial charge in [0.1, 0.15) is 6.54 Å². The molecule has 1 aliphatic heterocycles. The Bertz CT molecular complexity index is 775. The van der Waals surface area contributed by atoms with E-state index in [9.17, 15) is 9.59 Å². The predicted octanol–water partition coefficient (Wildman–Crippen LogP) is 0.357. The lowest BCUT2D eigenvalue weighted by Gasteiger charge is -2.30. The second-order valence-electron chi connectivity index (χ2n) is 6.14. The van der Waals surface area contributed by atoms with Crippen molar-refractivity contribution in [3.63, 3.8) is 0 Å². The molecular formula is C18H22N4O3. The van der Waals surface area contributed by atoms with Crippen LogP contribution in [0, 0.1) is 0 Å². The molecule has 1 amide bonds. The van der Waals surface area contributed by atoms with Crippen LogP contribution in [0.15, 0.2) is 47.3 Å². The Balaban J connectivity index is 1.62. The molecule has 1 N–H and O–H groups in total. The minimum Gasteiger partial charge on any atom is -0.374 e. The summed E-state index contributed by atoms with van der Waals surface area (Å²) in [5.74, 6) is -0.253. The van der Waals surface area contributed by atoms with Crippen LogP contribution >= 0.6 is 0 Å². The number of morpholine rings is 1. The quantitative estimate of drug-likeness (QED) is 0.849. The maximum Gasteiger partial charge on any atom is 0.267 e. The van der Waals surface area contributed by atoms with Crippen molar-refractivity contribution in [1.29, 1.82) is 0 Å². The van der Waals surface area contributed by atoms with Crippen molar-refractivity contribution in [3.05, 3.63) is 52.8 Å². The third kappa shape index (κ3) is 4.74. The van der Waals surface area contributed by atoms with Crippen LogP contribution in [0.3, 0.4) is 0 Å². The van der Waals surface area contributed by atoms with Gasteiger partial charge in [-0.2, -0.15) is 5.10 Å². The van der Waals surface area contributed by atoms with Crippen LogP contribution in [-0.4, -0.2) is 60.0 Å². The lowest BCUT2D eigenvalue weighted by atomic mass is 10.1. The molecule has 0 bridgehead atoms. The van der Waals surface area contributed by atoms with E-state index in [2.05, 4.69) is 15.3 Å². The highest BCUT2D eigenvalue weighted by Gasteiger charge is 2.18. The number of benzene rings is 1. The number of rotatable bonds is 5. The Morgan fingerprint density at radius 3 is 2.84 bits per heavy atom. The van der Waals surface area contributed by atoms with Gasteiger partial charge in [0.2, 0.25) is 5.91 Å². The van der Waals surface area contributed by atoms with Gasteiger partial charge in [-0.3, -0.25) is 9.59 Å². The fourth-order valence-electron chi connectivity index (χ4n) is 2.73. The van der Waals surface area contributed by atoms with Crippen LogP contribution in [-0.2, 0) is 16.1 Å². The minimum atomic E-state index is -0.302. The molecule has 2 heterocycles. The number of nitrogens with zero attached hydrogens (tertiary/aromatic N) is 3. The molecule has 1 fully saturated rings. The summed E-state index contributed by atoms with van der Waals surface area (Å²) < 4.78 is 6.80. The summed E-state index contributed by atoms with van der Waals surface area (Å²) in [7, 11) is 2.02. The molecule has 7 heteroatoms. The van der Waals surface area contributed by atoms with Crippen LogP contribution in [0.1, 0.15) is 0 Å². The van der Waals surface area contributed by atoms with Gasteiger partial charge in [0.05, 0.1) is 18.4 Å². The van der Waals surface area contributed by atoms with Crippen molar-refractivity contribution >= 4 is 5.91 Å². The smallest absolute Gasteiger partial charge is 0.267 e. The molecule has 1 saturated heterocycles. The Kier molecular flexibility index (Phi) is 5.57. The van der Waals surface area contributed by atoms with Crippen LogP contribution < -0.4 is 10.9 Å². The fraction of sp³-hybridized carbons (Fsp3) is 0.389. The molecule has 0 spiro atoms. The first-order valence-electron chi connectivity index (χ1n) is 8.32. The van der Waals surface area contributed by atoms with Gasteiger partial charge in [0, 0.05) is 31.3 Å². The Morgan fingerprint density at radius 2 is 2.08 bits per heavy atom. The predicted molar refractivity (Wildman–Crippen MR) is 94.2 cm³/mol. The lowest BCUT2D eigenvalue weighted by molar-refractivity contribution is -0.123. The molecule has 0 aliphatic carbocycles. The topological polar surface area (TPSA) is 76.5 Å². The van der Waals surface area contributed by atoms with E-state index < -0.39 is 0 Å². The van der Waals surface area contributed by atoms with E-state index in [-0.39, 0.29) is 24.1 Å². The number of likely N-dealkylation sites (N-methyl/N-ethyl adjacent to an activating group) is 1. The Morgan fingerprint density at radius 1 is 1.28 bits per heavy atom. The first kappa shape index (κ1) is 17.3. The van der Waals surface area contributed by atoms with Crippen LogP contribution in [0.25, 0.3) is 11.3 Å². The third-order valence-corrected chi connectivity index (χ3v) is 4.10. The molecule has 1 atom stereocenters. The van der Waals surface area contributed by atoms with Crippen molar-refractivity contribution in [2.45, 2.75) is 12.6 Å². The largest absolute Gasteiger partial charge is 0.374 e. The monoisotopic (exact) mass is 342 g/mol. The minimum absolute atomic E-state index is 0.0250. The number of ether oxygens (including phenoxy) is 1. The van der Waals surface area contributed by atoms with Gasteiger partial charge in [-0.25, -0.2) is 4.68 Å². The van der Waals surface area contributed by atoms with E-state index >= 15 is 0 Å². The van der Waals surface area contributed by atoms with E-state index in [0.717, 1.165) is 18.7 Å². The molecule has 0 radical (unpaired) electrons. The van der Waals surface area contributed by atoms with Crippen LogP contribution in [0.4, 0.5) is 0 Å². The highest BCUT2D eigenvalue weighted by molar-refractivity contribution is 5.75. The number of aromatic nitrogens is 2. The SMILES string of the molecule is CN1CCOC(CNC(=O)Cn2nc(-c3ccccc3)ccc2=O)C1. The summed E-state index contributed by atoms with van der Waals surface area (Å²) in [6.45, 7) is 2.66. The van der Waals surface area contributed by atoms with Gasteiger partial charge >= 0.3 is 0 Å². The van der Waals surface area contributed by atoms with E-state index in [0.29, 0.717) is 18.8 Å². The van der Waals surface area contributed by atoms with Crippen molar-refractivity contribution in [1.82, 2.24) is 20.0 Å². The van der Waals surface area contributed by atoms with Gasteiger partial charge in [0.15, 0.2) is 0 Å². The zero-order valence-electron chi connectivity index (χ0n) is 14.2. The maximum absolute atomic E-state index is 12.2. The van der Waals surface area contributed by atoms with Crippen LogP contribution in [0.5, 0.6) is 0 Å². The molecule has 1 unspecified atom stereocenters. The zero-order chi connectivity index (χ0) is 17.6. The van der Waals surface area contributed by atoms with Crippen molar-refractivity contribution in [2.75, 3.05) is 33.3 Å². The second-order valence-corrected chi connectivity index (χ2v) is 6.14. The molecule has 132 valence electrons. The number of carbonyl (C=O) groups is 1. The first-order valence-corrected chi connectivity index (χ1v) is 8.32. The summed E-state index contributed by atoms with van der Waals surface area (Å²) in [4.78, 5) is 26.3. The van der Waals surface area contributed by atoms with Gasteiger partial charge in [-0.1, -0.05) is 30.3 Å². The van der Waals surface area contributed by atoms with Gasteiger partial charge in [0.25, 0.3) is 5.56 Å². The lowest BCUT2D eigenvalue weighted by Crippen LogP contribution is -2.46. The Labute approximate surface area is 146 Å². The summed E-state index contributed by atoms with van der Waals surface area (Å²) in [5, 5.41) is 7.11. The van der Waals surface area contributed by atoms with Gasteiger partial charge in [-0.15, -0.1) is 0 Å². The molecule has 3 rings (SSSR count). The second kappa shape index (κ2) is 8.04. The van der Waals surface area contributed by atoms with E-state index in [1.165, 1.54) is 10.7 Å². The normalized spacial score (nSPS) is 18.0. The first-order chi connectivity index (χ1) is 12.1. The Hall–Kier alpha value is -2.51. The summed E-state index contributed by atoms with van der Waals surface area (Å²) >= 11 is 0. The molecule has 25 heavy (non-hydrogen) atoms. The van der Waals surface area contributed by atoms with Gasteiger partial charge < -0.3 is 15.0 Å². The zero-order valence-corrected chi connectivity index (χ0v) is 14.2. The number of amides is 1. The summed E-state index contributed by atoms with van der Waals surface area (Å²) in [6.07, 6.45) is -0.0250. The average Bonchev–Trinajstić information content (AvgIpc) is 2.63. The molecule has 0 saturated carbocycles. The molecule has 1 aromatic carbocycles.